The minimum Gasteiger partial charge on any atom is -0.310 e. The van der Waals surface area contributed by atoms with Crippen LogP contribution in [0.15, 0.2) is 199 Å². The van der Waals surface area contributed by atoms with Gasteiger partial charge >= 0.3 is 0 Å². The van der Waals surface area contributed by atoms with Crippen LogP contribution in [0.5, 0.6) is 0 Å². The monoisotopic (exact) mass is 683 g/mol. The normalized spacial score (nSPS) is 14.6. The summed E-state index contributed by atoms with van der Waals surface area (Å²) in [7, 11) is 0. The molecule has 0 saturated carbocycles. The summed E-state index contributed by atoms with van der Waals surface area (Å²) in [5.74, 6) is 0. The quantitative estimate of drug-likeness (QED) is 0.137. The first-order valence-electron chi connectivity index (χ1n) is 18.9. The third-order valence-corrected chi connectivity index (χ3v) is 10.6. The van der Waals surface area contributed by atoms with Crippen molar-refractivity contribution < 1.29 is 0 Å². The summed E-state index contributed by atoms with van der Waals surface area (Å²) in [6, 6.07) is 51.2. The maximum atomic E-state index is 2.41. The molecule has 1 heteroatoms. The molecule has 0 N–H and O–H groups in total. The van der Waals surface area contributed by atoms with Gasteiger partial charge in [-0.2, -0.15) is 0 Å². The number of hydrogen-bond donors (Lipinski definition) is 0. The minimum atomic E-state index is 1.02. The fraction of sp³-hybridized carbons (Fsp3) is 0.115. The number of allylic oxidation sites excluding steroid dienone is 12. The van der Waals surface area contributed by atoms with Crippen molar-refractivity contribution in [2.24, 2.45) is 0 Å². The van der Waals surface area contributed by atoms with E-state index in [1.54, 1.807) is 0 Å². The van der Waals surface area contributed by atoms with Gasteiger partial charge in [-0.15, -0.1) is 0 Å². The van der Waals surface area contributed by atoms with Gasteiger partial charge in [0.25, 0.3) is 0 Å². The Morgan fingerprint density at radius 2 is 1.17 bits per heavy atom. The Labute approximate surface area is 315 Å². The number of fused-ring (bicyclic) bond motifs is 1. The SMILES string of the molecule is C/C=C\C(=C/C)c1ccc(N(c2ccc(-c3ccc4ccccc4c3)cc2)c2ccc(-c3ccccc3)c(C3=CC=C(C4=CC=CCC4)CC3)c2)cc1. The molecule has 0 fully saturated rings. The van der Waals surface area contributed by atoms with Gasteiger partial charge in [0, 0.05) is 17.1 Å². The molecule has 2 aliphatic carbocycles. The zero-order valence-electron chi connectivity index (χ0n) is 30.7. The Kier molecular flexibility index (Phi) is 9.99. The molecule has 8 rings (SSSR count). The first kappa shape index (κ1) is 33.9. The van der Waals surface area contributed by atoms with E-state index in [0.717, 1.165) is 42.7 Å². The molecule has 6 aromatic rings. The molecule has 258 valence electrons. The molecule has 0 aromatic heterocycles. The van der Waals surface area contributed by atoms with Gasteiger partial charge in [0.05, 0.1) is 0 Å². The highest BCUT2D eigenvalue weighted by Crippen LogP contribution is 2.42. The molecule has 0 radical (unpaired) electrons. The zero-order valence-corrected chi connectivity index (χ0v) is 30.7. The van der Waals surface area contributed by atoms with E-state index >= 15 is 0 Å². The van der Waals surface area contributed by atoms with Gasteiger partial charge in [0.2, 0.25) is 0 Å². The molecule has 0 atom stereocenters. The van der Waals surface area contributed by atoms with Crippen LogP contribution in [0.1, 0.15) is 50.7 Å². The van der Waals surface area contributed by atoms with Crippen molar-refractivity contribution in [3.8, 4) is 22.3 Å². The maximum absolute atomic E-state index is 2.41. The number of hydrogen-bond acceptors (Lipinski definition) is 1. The maximum Gasteiger partial charge on any atom is 0.0468 e. The summed E-state index contributed by atoms with van der Waals surface area (Å²) in [4.78, 5) is 2.40. The Morgan fingerprint density at radius 1 is 0.509 bits per heavy atom. The number of rotatable bonds is 9. The second-order valence-electron chi connectivity index (χ2n) is 13.9. The molecule has 0 saturated heterocycles. The number of benzene rings is 6. The molecule has 2 aliphatic rings. The predicted octanol–water partition coefficient (Wildman–Crippen LogP) is 15.0. The van der Waals surface area contributed by atoms with E-state index in [9.17, 15) is 0 Å². The molecule has 0 unspecified atom stereocenters. The van der Waals surface area contributed by atoms with Crippen molar-refractivity contribution in [2.75, 3.05) is 4.90 Å². The molecule has 0 spiro atoms. The van der Waals surface area contributed by atoms with E-state index in [1.165, 1.54) is 66.4 Å². The average molecular weight is 684 g/mol. The first-order chi connectivity index (χ1) is 26.2. The molecule has 1 nitrogen and oxygen atoms in total. The van der Waals surface area contributed by atoms with Crippen LogP contribution >= 0.6 is 0 Å². The molecule has 0 aliphatic heterocycles. The van der Waals surface area contributed by atoms with Crippen LogP contribution in [0.4, 0.5) is 17.1 Å². The molecule has 0 heterocycles. The van der Waals surface area contributed by atoms with Crippen LogP contribution in [-0.4, -0.2) is 0 Å². The van der Waals surface area contributed by atoms with Crippen molar-refractivity contribution in [2.45, 2.75) is 39.5 Å². The summed E-state index contributed by atoms with van der Waals surface area (Å²) in [5, 5.41) is 2.52. The van der Waals surface area contributed by atoms with E-state index < -0.39 is 0 Å². The lowest BCUT2D eigenvalue weighted by Crippen LogP contribution is -2.11. The Morgan fingerprint density at radius 3 is 1.87 bits per heavy atom. The predicted molar refractivity (Wildman–Crippen MR) is 230 cm³/mol. The first-order valence-corrected chi connectivity index (χ1v) is 18.9. The number of nitrogens with zero attached hydrogens (tertiary/aromatic N) is 1. The lowest BCUT2D eigenvalue weighted by molar-refractivity contribution is 0.905. The van der Waals surface area contributed by atoms with E-state index in [2.05, 4.69) is 207 Å². The van der Waals surface area contributed by atoms with Gasteiger partial charge in [0.15, 0.2) is 0 Å². The zero-order chi connectivity index (χ0) is 36.0. The van der Waals surface area contributed by atoms with Crippen molar-refractivity contribution in [1.82, 2.24) is 0 Å². The molecule has 0 amide bonds. The number of anilines is 3. The van der Waals surface area contributed by atoms with Crippen LogP contribution in [0.3, 0.4) is 0 Å². The molecule has 6 aromatic carbocycles. The van der Waals surface area contributed by atoms with Crippen molar-refractivity contribution in [3.63, 3.8) is 0 Å². The summed E-state index contributed by atoms with van der Waals surface area (Å²) in [6.45, 7) is 4.17. The lowest BCUT2D eigenvalue weighted by atomic mass is 9.84. The standard InChI is InChI=1S/C52H45N/c1-3-13-38(4-2)41-26-30-48(31-27-41)53(49-32-28-43(29-33-49)47-25-22-40-16-11-12-19-46(40)36-47)50-34-35-51(44-17-9-6-10-18-44)52(37-50)45-23-20-42(21-24-45)39-14-7-5-8-15-39/h3-7,9-14,16-20,22-23,25-37H,8,15,21,24H2,1-2H3/b13-3-,38-4+. The smallest absolute Gasteiger partial charge is 0.0468 e. The van der Waals surface area contributed by atoms with E-state index in [-0.39, 0.29) is 0 Å². The topological polar surface area (TPSA) is 3.24 Å². The molecular weight excluding hydrogens is 639 g/mol. The van der Waals surface area contributed by atoms with Crippen LogP contribution in [0, 0.1) is 0 Å². The van der Waals surface area contributed by atoms with E-state index in [4.69, 9.17) is 0 Å². The highest BCUT2D eigenvalue weighted by molar-refractivity contribution is 5.90. The average Bonchev–Trinajstić information content (AvgIpc) is 3.24. The van der Waals surface area contributed by atoms with Gasteiger partial charge in [-0.3, -0.25) is 0 Å². The van der Waals surface area contributed by atoms with Gasteiger partial charge in [0.1, 0.15) is 0 Å². The summed E-state index contributed by atoms with van der Waals surface area (Å²) < 4.78 is 0. The van der Waals surface area contributed by atoms with Gasteiger partial charge in [-0.05, 0) is 148 Å². The van der Waals surface area contributed by atoms with Crippen molar-refractivity contribution in [3.05, 3.63) is 210 Å². The summed E-state index contributed by atoms with van der Waals surface area (Å²) >= 11 is 0. The van der Waals surface area contributed by atoms with Crippen LogP contribution in [0.2, 0.25) is 0 Å². The summed E-state index contributed by atoms with van der Waals surface area (Å²) in [5.41, 5.74) is 16.4. The van der Waals surface area contributed by atoms with Crippen LogP contribution in [0.25, 0.3) is 44.2 Å². The largest absolute Gasteiger partial charge is 0.310 e. The minimum absolute atomic E-state index is 1.02. The Hall–Kier alpha value is -6.18. The van der Waals surface area contributed by atoms with E-state index in [0.29, 0.717) is 0 Å². The highest BCUT2D eigenvalue weighted by atomic mass is 15.1. The molecular formula is C52H45N. The molecule has 0 bridgehead atoms. The summed E-state index contributed by atoms with van der Waals surface area (Å²) in [6.07, 6.45) is 22.3. The van der Waals surface area contributed by atoms with Gasteiger partial charge < -0.3 is 4.90 Å². The Balaban J connectivity index is 1.23. The van der Waals surface area contributed by atoms with Gasteiger partial charge in [-0.1, -0.05) is 146 Å². The fourth-order valence-electron chi connectivity index (χ4n) is 7.77. The lowest BCUT2D eigenvalue weighted by Gasteiger charge is -2.28. The van der Waals surface area contributed by atoms with Gasteiger partial charge in [-0.25, -0.2) is 0 Å². The van der Waals surface area contributed by atoms with Crippen LogP contribution < -0.4 is 4.90 Å². The second-order valence-corrected chi connectivity index (χ2v) is 13.9. The van der Waals surface area contributed by atoms with E-state index in [1.807, 2.05) is 0 Å². The molecule has 53 heavy (non-hydrogen) atoms. The fourth-order valence-corrected chi connectivity index (χ4v) is 7.77. The highest BCUT2D eigenvalue weighted by Gasteiger charge is 2.20. The third-order valence-electron chi connectivity index (χ3n) is 10.6. The van der Waals surface area contributed by atoms with Crippen molar-refractivity contribution >= 4 is 39.0 Å². The van der Waals surface area contributed by atoms with Crippen molar-refractivity contribution in [1.29, 1.82) is 0 Å². The Bertz CT molecular complexity index is 2430. The third kappa shape index (κ3) is 7.30. The van der Waals surface area contributed by atoms with Crippen LogP contribution in [-0.2, 0) is 0 Å². The second kappa shape index (κ2) is 15.6.